The molecule has 1 amide bonds. The number of fused-ring (bicyclic) bond motifs is 2. The molecule has 0 N–H and O–H groups in total. The van der Waals surface area contributed by atoms with Crippen molar-refractivity contribution in [2.24, 2.45) is 0 Å². The number of hydrogen-bond acceptors (Lipinski definition) is 4. The summed E-state index contributed by atoms with van der Waals surface area (Å²) in [5, 5.41) is 9.12. The standard InChI is InChI=1S/C24H24ClN5O2/c1-14-11-19(13-29-16(3)26-27-23(14)29)30-21(17-5-7-18(25)8-6-17)22-20(24(30)31)15(2)12-28(22)9-10-32-4/h5-8,11-13,21H,9-10H2,1-4H3. The second kappa shape index (κ2) is 7.76. The van der Waals surface area contributed by atoms with Gasteiger partial charge in [0.05, 0.1) is 23.6 Å². The van der Waals surface area contributed by atoms with Crippen molar-refractivity contribution in [3.63, 3.8) is 0 Å². The molecule has 4 aromatic rings. The number of pyridine rings is 1. The largest absolute Gasteiger partial charge is 0.383 e. The molecule has 7 nitrogen and oxygen atoms in total. The van der Waals surface area contributed by atoms with Crippen LogP contribution in [0.4, 0.5) is 5.69 Å². The molecule has 1 unspecified atom stereocenters. The van der Waals surface area contributed by atoms with Gasteiger partial charge in [-0.05, 0) is 55.7 Å². The minimum absolute atomic E-state index is 0.0157. The number of benzene rings is 1. The van der Waals surface area contributed by atoms with Gasteiger partial charge in [0.15, 0.2) is 5.65 Å². The van der Waals surface area contributed by atoms with Gasteiger partial charge in [0.1, 0.15) is 11.9 Å². The summed E-state index contributed by atoms with van der Waals surface area (Å²) in [6.45, 7) is 7.11. The van der Waals surface area contributed by atoms with Gasteiger partial charge in [-0.3, -0.25) is 14.1 Å². The van der Waals surface area contributed by atoms with Gasteiger partial charge in [0.25, 0.3) is 5.91 Å². The molecule has 0 aliphatic carbocycles. The molecule has 1 atom stereocenters. The molecule has 164 valence electrons. The summed E-state index contributed by atoms with van der Waals surface area (Å²) in [5.74, 6) is 0.760. The van der Waals surface area contributed by atoms with Crippen molar-refractivity contribution in [1.82, 2.24) is 19.2 Å². The molecule has 0 spiro atoms. The molecule has 0 radical (unpaired) electrons. The van der Waals surface area contributed by atoms with Crippen molar-refractivity contribution in [3.05, 3.63) is 81.5 Å². The third kappa shape index (κ3) is 3.12. The number of nitrogens with zero attached hydrogens (tertiary/aromatic N) is 5. The van der Waals surface area contributed by atoms with Crippen LogP contribution in [0, 0.1) is 20.8 Å². The SMILES string of the molecule is COCCn1cc(C)c2c1C(c1ccc(Cl)cc1)N(c1cc(C)c3nnc(C)n3c1)C2=O. The van der Waals surface area contributed by atoms with Gasteiger partial charge in [-0.2, -0.15) is 0 Å². The molecule has 1 aliphatic rings. The molecule has 0 saturated carbocycles. The van der Waals surface area contributed by atoms with E-state index in [9.17, 15) is 4.79 Å². The Kier molecular flexibility index (Phi) is 5.03. The fraction of sp³-hybridized carbons (Fsp3) is 0.292. The molecule has 4 heterocycles. The fourth-order valence-corrected chi connectivity index (χ4v) is 4.74. The van der Waals surface area contributed by atoms with Crippen LogP contribution in [-0.2, 0) is 11.3 Å². The maximum atomic E-state index is 13.8. The van der Waals surface area contributed by atoms with E-state index in [0.29, 0.717) is 18.2 Å². The van der Waals surface area contributed by atoms with E-state index in [0.717, 1.165) is 45.1 Å². The van der Waals surface area contributed by atoms with Crippen LogP contribution in [0.25, 0.3) is 5.65 Å². The molecule has 1 aromatic carbocycles. The average molecular weight is 450 g/mol. The van der Waals surface area contributed by atoms with Crippen molar-refractivity contribution in [2.45, 2.75) is 33.4 Å². The van der Waals surface area contributed by atoms with Gasteiger partial charge >= 0.3 is 0 Å². The summed E-state index contributed by atoms with van der Waals surface area (Å²) < 4.78 is 9.40. The van der Waals surface area contributed by atoms with E-state index in [2.05, 4.69) is 14.8 Å². The molecule has 5 rings (SSSR count). The van der Waals surface area contributed by atoms with E-state index >= 15 is 0 Å². The van der Waals surface area contributed by atoms with Gasteiger partial charge in [0.2, 0.25) is 0 Å². The Morgan fingerprint density at radius 3 is 2.53 bits per heavy atom. The predicted octanol–water partition coefficient (Wildman–Crippen LogP) is 4.51. The molecule has 0 bridgehead atoms. The molecule has 1 aliphatic heterocycles. The number of methoxy groups -OCH3 is 1. The summed E-state index contributed by atoms with van der Waals surface area (Å²) in [5.41, 5.74) is 6.24. The highest BCUT2D eigenvalue weighted by atomic mass is 35.5. The molecule has 8 heteroatoms. The van der Waals surface area contributed by atoms with Crippen LogP contribution >= 0.6 is 11.6 Å². The van der Waals surface area contributed by atoms with Crippen LogP contribution < -0.4 is 4.90 Å². The summed E-state index contributed by atoms with van der Waals surface area (Å²) >= 11 is 6.18. The lowest BCUT2D eigenvalue weighted by Crippen LogP contribution is -2.30. The highest BCUT2D eigenvalue weighted by Gasteiger charge is 2.43. The molecule has 0 saturated heterocycles. The van der Waals surface area contributed by atoms with Crippen molar-refractivity contribution < 1.29 is 9.53 Å². The lowest BCUT2D eigenvalue weighted by Gasteiger charge is -2.28. The maximum absolute atomic E-state index is 13.8. The number of carbonyl (C=O) groups excluding carboxylic acids is 1. The van der Waals surface area contributed by atoms with E-state index in [1.807, 2.05) is 72.8 Å². The second-order valence-electron chi connectivity index (χ2n) is 8.21. The first-order valence-corrected chi connectivity index (χ1v) is 10.9. The molecule has 32 heavy (non-hydrogen) atoms. The summed E-state index contributed by atoms with van der Waals surface area (Å²) in [7, 11) is 1.68. The lowest BCUT2D eigenvalue weighted by atomic mass is 10.0. The molecular weight excluding hydrogens is 426 g/mol. The van der Waals surface area contributed by atoms with E-state index in [1.54, 1.807) is 7.11 Å². The molecule has 0 fully saturated rings. The fourth-order valence-electron chi connectivity index (χ4n) is 4.62. The van der Waals surface area contributed by atoms with Gasteiger partial charge in [-0.15, -0.1) is 10.2 Å². The maximum Gasteiger partial charge on any atom is 0.261 e. The van der Waals surface area contributed by atoms with Gasteiger partial charge in [-0.1, -0.05) is 23.7 Å². The van der Waals surface area contributed by atoms with Crippen LogP contribution in [0.1, 0.15) is 44.6 Å². The zero-order valence-corrected chi connectivity index (χ0v) is 19.2. The highest BCUT2D eigenvalue weighted by molar-refractivity contribution is 6.30. The minimum atomic E-state index is -0.283. The first-order valence-electron chi connectivity index (χ1n) is 10.5. The summed E-state index contributed by atoms with van der Waals surface area (Å²) in [4.78, 5) is 15.7. The zero-order valence-electron chi connectivity index (χ0n) is 18.5. The van der Waals surface area contributed by atoms with Crippen LogP contribution in [-0.4, -0.2) is 38.8 Å². The first-order chi connectivity index (χ1) is 15.4. The topological polar surface area (TPSA) is 64.7 Å². The number of halogens is 1. The van der Waals surface area contributed by atoms with Crippen LogP contribution in [0.2, 0.25) is 5.02 Å². The average Bonchev–Trinajstić information content (AvgIpc) is 3.40. The Bertz CT molecular complexity index is 1340. The number of hydrogen-bond donors (Lipinski definition) is 0. The normalized spacial score (nSPS) is 15.7. The minimum Gasteiger partial charge on any atom is -0.383 e. The Morgan fingerprint density at radius 1 is 1.06 bits per heavy atom. The lowest BCUT2D eigenvalue weighted by molar-refractivity contribution is 0.0993. The van der Waals surface area contributed by atoms with Crippen molar-refractivity contribution in [2.75, 3.05) is 18.6 Å². The Morgan fingerprint density at radius 2 is 1.81 bits per heavy atom. The quantitative estimate of drug-likeness (QED) is 0.450. The number of anilines is 1. The highest BCUT2D eigenvalue weighted by Crippen LogP contribution is 2.44. The van der Waals surface area contributed by atoms with Gasteiger partial charge in [-0.25, -0.2) is 0 Å². The van der Waals surface area contributed by atoms with E-state index in [-0.39, 0.29) is 11.9 Å². The van der Waals surface area contributed by atoms with E-state index in [1.165, 1.54) is 0 Å². The Balaban J connectivity index is 1.73. The zero-order chi connectivity index (χ0) is 22.6. The van der Waals surface area contributed by atoms with E-state index in [4.69, 9.17) is 16.3 Å². The number of carbonyl (C=O) groups is 1. The first kappa shape index (κ1) is 20.7. The summed E-state index contributed by atoms with van der Waals surface area (Å²) in [6.07, 6.45) is 3.99. The Hall–Kier alpha value is -3.16. The second-order valence-corrected chi connectivity index (χ2v) is 8.65. The molecule has 3 aromatic heterocycles. The van der Waals surface area contributed by atoms with Crippen molar-refractivity contribution in [1.29, 1.82) is 0 Å². The number of ether oxygens (including phenoxy) is 1. The predicted molar refractivity (Wildman–Crippen MR) is 124 cm³/mol. The van der Waals surface area contributed by atoms with Crippen molar-refractivity contribution >= 4 is 28.8 Å². The van der Waals surface area contributed by atoms with Crippen LogP contribution in [0.3, 0.4) is 0 Å². The third-order valence-corrected chi connectivity index (χ3v) is 6.36. The number of amides is 1. The van der Waals surface area contributed by atoms with Crippen molar-refractivity contribution in [3.8, 4) is 0 Å². The van der Waals surface area contributed by atoms with Crippen LogP contribution in [0.15, 0.2) is 42.7 Å². The van der Waals surface area contributed by atoms with Gasteiger partial charge in [0, 0.05) is 31.1 Å². The monoisotopic (exact) mass is 449 g/mol. The number of aryl methyl sites for hydroxylation is 3. The Labute approximate surface area is 191 Å². The number of aromatic nitrogens is 4. The third-order valence-electron chi connectivity index (χ3n) is 6.10. The van der Waals surface area contributed by atoms with Gasteiger partial charge < -0.3 is 9.30 Å². The summed E-state index contributed by atoms with van der Waals surface area (Å²) in [6, 6.07) is 9.43. The van der Waals surface area contributed by atoms with E-state index < -0.39 is 0 Å². The smallest absolute Gasteiger partial charge is 0.261 e. The molecular formula is C24H24ClN5O2. The van der Waals surface area contributed by atoms with Crippen LogP contribution in [0.5, 0.6) is 0 Å². The number of rotatable bonds is 5.